The van der Waals surface area contributed by atoms with Gasteiger partial charge in [0.15, 0.2) is 5.82 Å². The molecular formula is C45H45F11N6O3. The van der Waals surface area contributed by atoms with E-state index in [2.05, 4.69) is 10.9 Å². The van der Waals surface area contributed by atoms with Crippen LogP contribution in [0.25, 0.3) is 32.9 Å². The Bertz CT molecular complexity index is 2530. The van der Waals surface area contributed by atoms with E-state index in [0.717, 1.165) is 0 Å². The molecule has 6 heterocycles. The van der Waals surface area contributed by atoms with Crippen LogP contribution >= 0.6 is 0 Å². The number of carbonyl (C=O) groups is 1. The molecule has 0 saturated carbocycles. The number of alkyl halides is 9. The first-order chi connectivity index (χ1) is 30.3. The maximum atomic E-state index is 17.5. The zero-order valence-electron chi connectivity index (χ0n) is 35.7. The molecule has 20 heteroatoms. The third kappa shape index (κ3) is 7.72. The highest BCUT2D eigenvalue weighted by Gasteiger charge is 2.83. The van der Waals surface area contributed by atoms with Gasteiger partial charge in [0.2, 0.25) is 0 Å². The molecule has 1 amide bonds. The van der Waals surface area contributed by atoms with Crippen molar-refractivity contribution < 1.29 is 62.6 Å². The average molecular weight is 927 g/mol. The van der Waals surface area contributed by atoms with E-state index in [-0.39, 0.29) is 71.4 Å². The Balaban J connectivity index is 1.22. The number of piperazine rings is 1. The minimum absolute atomic E-state index is 0.129. The van der Waals surface area contributed by atoms with Crippen LogP contribution in [0.15, 0.2) is 30.3 Å². The molecule has 2 aromatic heterocycles. The van der Waals surface area contributed by atoms with Crippen molar-refractivity contribution in [2.24, 2.45) is 11.3 Å². The maximum absolute atomic E-state index is 17.5. The number of hydrogen-bond donors (Lipinski definition) is 0. The molecule has 3 fully saturated rings. The number of halogens is 11. The van der Waals surface area contributed by atoms with Crippen LogP contribution in [0.3, 0.4) is 0 Å². The third-order valence-electron chi connectivity index (χ3n) is 13.4. The number of aryl methyl sites for hydroxylation is 1. The van der Waals surface area contributed by atoms with E-state index in [1.165, 1.54) is 18.2 Å². The van der Waals surface area contributed by atoms with Gasteiger partial charge < -0.3 is 19.3 Å². The Hall–Kier alpha value is -5.19. The van der Waals surface area contributed by atoms with Crippen LogP contribution < -0.4 is 9.64 Å². The summed E-state index contributed by atoms with van der Waals surface area (Å²) in [6.07, 6.45) is -15.9. The molecule has 0 N–H and O–H groups in total. The fourth-order valence-corrected chi connectivity index (χ4v) is 10.7. The smallest absolute Gasteiger partial charge is 0.412 e. The SMILES string of the molecule is C#Cc1c(F)ccc2cccc(-c3nc4c5c(nc(OC[C@]67CCCN6C[C@@H](CC(C(F)(F)F)(C(F)(F)F)C(F)(F)F)C7)nc5c3F)N3CCN(C(=O)OC(C)(C)C)[C@@H](CC)[C@H]3CC4)c12. The minimum atomic E-state index is -6.69. The standard InChI is InChI=1S/C45H45F11N6O3/c1-6-26-28(46)13-12-25-10-8-11-27(32(25)26)35-34(47)36-33-29(57-35)14-15-31-30(7-2)62(39(63)65-40(3,4)5)19-18-61(31)37(33)59-38(58-36)64-23-41-16-9-17-60(41)22-24(20-41)21-42(43(48,49)50,44(51,52)53)45(54,55)56/h1,8,10-13,24,30-31H,7,9,14-23H2,2-5H3/t24-,30+,31-,41-/m1/s1. The van der Waals surface area contributed by atoms with Gasteiger partial charge in [0.25, 0.3) is 5.41 Å². The summed E-state index contributed by atoms with van der Waals surface area (Å²) in [4.78, 5) is 32.7. The summed E-state index contributed by atoms with van der Waals surface area (Å²) in [6, 6.07) is 6.21. The molecule has 4 atom stereocenters. The number of fused-ring (bicyclic) bond motifs is 4. The van der Waals surface area contributed by atoms with Crippen LogP contribution in [-0.4, -0.2) is 105 Å². The second kappa shape index (κ2) is 16.0. The van der Waals surface area contributed by atoms with E-state index in [9.17, 15) is 44.3 Å². The number of terminal acetylenes is 1. The highest BCUT2D eigenvalue weighted by atomic mass is 19.4. The van der Waals surface area contributed by atoms with Crippen molar-refractivity contribution in [2.75, 3.05) is 37.7 Å². The molecule has 3 saturated heterocycles. The molecule has 4 aliphatic rings. The Morgan fingerprint density at radius 2 is 1.63 bits per heavy atom. The molecule has 0 radical (unpaired) electrons. The number of anilines is 1. The first-order valence-electron chi connectivity index (χ1n) is 21.3. The summed E-state index contributed by atoms with van der Waals surface area (Å²) >= 11 is 0. The van der Waals surface area contributed by atoms with E-state index in [1.54, 1.807) is 42.7 Å². The first kappa shape index (κ1) is 46.3. The quantitative estimate of drug-likeness (QED) is 0.134. The molecule has 0 spiro atoms. The molecule has 4 aliphatic heterocycles. The second-order valence-electron chi connectivity index (χ2n) is 18.4. The average Bonchev–Trinajstić information content (AvgIpc) is 3.70. The van der Waals surface area contributed by atoms with Crippen LogP contribution in [0.4, 0.5) is 58.9 Å². The summed E-state index contributed by atoms with van der Waals surface area (Å²) in [5.74, 6) is -0.831. The number of aromatic nitrogens is 3. The van der Waals surface area contributed by atoms with Gasteiger partial charge in [-0.05, 0) is 89.6 Å². The first-order valence-corrected chi connectivity index (χ1v) is 21.3. The predicted molar refractivity (Wildman–Crippen MR) is 217 cm³/mol. The van der Waals surface area contributed by atoms with Crippen molar-refractivity contribution in [3.8, 4) is 29.6 Å². The molecule has 9 nitrogen and oxygen atoms in total. The molecule has 0 unspecified atom stereocenters. The van der Waals surface area contributed by atoms with Crippen LogP contribution in [-0.2, 0) is 11.2 Å². The highest BCUT2D eigenvalue weighted by Crippen LogP contribution is 2.63. The molecule has 0 aliphatic carbocycles. The molecule has 2 aromatic carbocycles. The lowest BCUT2D eigenvalue weighted by Gasteiger charge is -2.47. The van der Waals surface area contributed by atoms with Gasteiger partial charge in [-0.25, -0.2) is 18.6 Å². The number of carbonyl (C=O) groups excluding carboxylic acids is 1. The van der Waals surface area contributed by atoms with Gasteiger partial charge in [-0.3, -0.25) is 4.90 Å². The van der Waals surface area contributed by atoms with Gasteiger partial charge in [-0.1, -0.05) is 37.1 Å². The normalized spacial score (nSPS) is 23.1. The number of rotatable bonds is 7. The van der Waals surface area contributed by atoms with Crippen molar-refractivity contribution in [1.82, 2.24) is 24.8 Å². The molecule has 4 aromatic rings. The molecule has 65 heavy (non-hydrogen) atoms. The lowest BCUT2D eigenvalue weighted by molar-refractivity contribution is -0.431. The van der Waals surface area contributed by atoms with E-state index >= 15 is 8.78 Å². The molecular weight excluding hydrogens is 882 g/mol. The summed E-state index contributed by atoms with van der Waals surface area (Å²) in [5, 5.41) is 0.926. The maximum Gasteiger partial charge on any atom is 0.412 e. The van der Waals surface area contributed by atoms with Gasteiger partial charge in [-0.2, -0.15) is 49.5 Å². The Morgan fingerprint density at radius 3 is 2.28 bits per heavy atom. The fourth-order valence-electron chi connectivity index (χ4n) is 10.7. The largest absolute Gasteiger partial charge is 0.461 e. The van der Waals surface area contributed by atoms with Crippen molar-refractivity contribution in [3.05, 3.63) is 53.2 Å². The molecule has 8 rings (SSSR count). The zero-order chi connectivity index (χ0) is 47.2. The fraction of sp³-hybridized carbons (Fsp3) is 0.556. The Kier molecular flexibility index (Phi) is 11.4. The zero-order valence-corrected chi connectivity index (χ0v) is 35.7. The van der Waals surface area contributed by atoms with E-state index in [1.807, 2.05) is 11.8 Å². The predicted octanol–water partition coefficient (Wildman–Crippen LogP) is 10.6. The number of amides is 1. The number of nitrogens with zero attached hydrogens (tertiary/aromatic N) is 6. The van der Waals surface area contributed by atoms with E-state index in [0.29, 0.717) is 30.3 Å². The lowest BCUT2D eigenvalue weighted by Crippen LogP contribution is -2.61. The van der Waals surface area contributed by atoms with Crippen LogP contribution in [0.1, 0.15) is 77.5 Å². The van der Waals surface area contributed by atoms with Crippen molar-refractivity contribution >= 4 is 33.6 Å². The van der Waals surface area contributed by atoms with Crippen molar-refractivity contribution in [2.45, 2.75) is 114 Å². The summed E-state index contributed by atoms with van der Waals surface area (Å²) in [7, 11) is 0. The molecule has 350 valence electrons. The number of benzene rings is 2. The minimum Gasteiger partial charge on any atom is -0.461 e. The number of hydrogen-bond acceptors (Lipinski definition) is 8. The lowest BCUT2D eigenvalue weighted by atomic mass is 9.75. The summed E-state index contributed by atoms with van der Waals surface area (Å²) in [5.41, 5.74) is -8.15. The number of ether oxygens (including phenoxy) is 2. The Morgan fingerprint density at radius 1 is 0.923 bits per heavy atom. The van der Waals surface area contributed by atoms with Crippen LogP contribution in [0, 0.1) is 35.3 Å². The van der Waals surface area contributed by atoms with Crippen molar-refractivity contribution in [1.29, 1.82) is 0 Å². The monoisotopic (exact) mass is 926 g/mol. The third-order valence-corrected chi connectivity index (χ3v) is 13.4. The van der Waals surface area contributed by atoms with Gasteiger partial charge in [0.05, 0.1) is 34.3 Å². The van der Waals surface area contributed by atoms with Gasteiger partial charge in [-0.15, -0.1) is 6.42 Å². The highest BCUT2D eigenvalue weighted by molar-refractivity contribution is 6.03. The van der Waals surface area contributed by atoms with Crippen molar-refractivity contribution in [3.63, 3.8) is 0 Å². The second-order valence-corrected chi connectivity index (χ2v) is 18.4. The van der Waals surface area contributed by atoms with Crippen LogP contribution in [0.2, 0.25) is 0 Å². The van der Waals surface area contributed by atoms with Gasteiger partial charge in [0, 0.05) is 30.6 Å². The van der Waals surface area contributed by atoms with Gasteiger partial charge >= 0.3 is 30.6 Å². The number of pyridine rings is 1. The summed E-state index contributed by atoms with van der Waals surface area (Å²) in [6.45, 7) is 6.70. The molecule has 0 bridgehead atoms. The van der Waals surface area contributed by atoms with E-state index < -0.39 is 103 Å². The van der Waals surface area contributed by atoms with E-state index in [4.69, 9.17) is 25.9 Å². The summed E-state index contributed by atoms with van der Waals surface area (Å²) < 4.78 is 171. The van der Waals surface area contributed by atoms with Crippen LogP contribution in [0.5, 0.6) is 6.01 Å². The Labute approximate surface area is 366 Å². The topological polar surface area (TPSA) is 83.9 Å². The van der Waals surface area contributed by atoms with Gasteiger partial charge in [0.1, 0.15) is 35.1 Å².